The highest BCUT2D eigenvalue weighted by Crippen LogP contribution is 2.33. The molecule has 6 nitrogen and oxygen atoms in total. The van der Waals surface area contributed by atoms with E-state index in [-0.39, 0.29) is 12.1 Å². The van der Waals surface area contributed by atoms with Gasteiger partial charge in [-0.15, -0.1) is 0 Å². The van der Waals surface area contributed by atoms with E-state index in [2.05, 4.69) is 42.6 Å². The van der Waals surface area contributed by atoms with Crippen LogP contribution in [0.25, 0.3) is 21.9 Å². The largest absolute Gasteiger partial charge is 0.478 e. The van der Waals surface area contributed by atoms with Gasteiger partial charge >= 0.3 is 5.97 Å². The minimum absolute atomic E-state index is 0.0643. The normalized spacial score (nSPS) is 13.5. The molecule has 6 heteroatoms. The van der Waals surface area contributed by atoms with E-state index < -0.39 is 11.6 Å². The SMILES string of the molecule is CC(NC(c1nc2ccccc2o1)c1cccc2ccccc12)c1ccc(OC(C)(C)C(=O)O)cc1. The summed E-state index contributed by atoms with van der Waals surface area (Å²) in [5, 5.41) is 15.3. The molecule has 1 aromatic heterocycles. The summed E-state index contributed by atoms with van der Waals surface area (Å²) in [5.41, 5.74) is 2.36. The lowest BCUT2D eigenvalue weighted by atomic mass is 9.97. The van der Waals surface area contributed by atoms with E-state index in [0.717, 1.165) is 33.0 Å². The van der Waals surface area contributed by atoms with Crippen molar-refractivity contribution >= 4 is 27.8 Å². The highest BCUT2D eigenvalue weighted by molar-refractivity contribution is 5.86. The number of ether oxygens (including phenoxy) is 1. The summed E-state index contributed by atoms with van der Waals surface area (Å²) in [6, 6.07) is 29.4. The zero-order valence-electron chi connectivity index (χ0n) is 20.4. The van der Waals surface area contributed by atoms with E-state index in [0.29, 0.717) is 11.6 Å². The van der Waals surface area contributed by atoms with Gasteiger partial charge in [0.15, 0.2) is 11.2 Å². The van der Waals surface area contributed by atoms with Gasteiger partial charge in [-0.1, -0.05) is 66.7 Å². The van der Waals surface area contributed by atoms with Crippen LogP contribution in [0.3, 0.4) is 0 Å². The second kappa shape index (κ2) is 9.47. The van der Waals surface area contributed by atoms with Crippen LogP contribution in [-0.2, 0) is 4.79 Å². The maximum absolute atomic E-state index is 11.4. The van der Waals surface area contributed by atoms with Gasteiger partial charge in [-0.2, -0.15) is 0 Å². The first kappa shape index (κ1) is 23.6. The van der Waals surface area contributed by atoms with Gasteiger partial charge in [0, 0.05) is 6.04 Å². The van der Waals surface area contributed by atoms with Crippen LogP contribution in [0, 0.1) is 0 Å². The van der Waals surface area contributed by atoms with E-state index in [9.17, 15) is 9.90 Å². The molecule has 36 heavy (non-hydrogen) atoms. The number of carbonyl (C=O) groups is 1. The number of fused-ring (bicyclic) bond motifs is 2. The number of carboxylic acid groups (broad SMARTS) is 1. The van der Waals surface area contributed by atoms with Gasteiger partial charge < -0.3 is 14.3 Å². The van der Waals surface area contributed by atoms with E-state index >= 15 is 0 Å². The quantitative estimate of drug-likeness (QED) is 0.258. The molecule has 2 N–H and O–H groups in total. The van der Waals surface area contributed by atoms with Crippen molar-refractivity contribution in [3.8, 4) is 5.75 Å². The summed E-state index contributed by atoms with van der Waals surface area (Å²) in [4.78, 5) is 16.2. The molecular formula is C30H28N2O4. The zero-order chi connectivity index (χ0) is 25.3. The van der Waals surface area contributed by atoms with Gasteiger partial charge in [0.05, 0.1) is 0 Å². The molecule has 0 saturated heterocycles. The first-order chi connectivity index (χ1) is 17.3. The number of nitrogens with one attached hydrogen (secondary N) is 1. The molecular weight excluding hydrogens is 452 g/mol. The van der Waals surface area contributed by atoms with E-state index in [1.807, 2.05) is 48.5 Å². The zero-order valence-corrected chi connectivity index (χ0v) is 20.4. The maximum Gasteiger partial charge on any atom is 0.347 e. The number of carboxylic acids is 1. The molecule has 0 aliphatic rings. The van der Waals surface area contributed by atoms with Gasteiger partial charge in [-0.05, 0) is 66.9 Å². The third-order valence-corrected chi connectivity index (χ3v) is 6.38. The van der Waals surface area contributed by atoms with Crippen LogP contribution in [0.5, 0.6) is 5.75 Å². The summed E-state index contributed by atoms with van der Waals surface area (Å²) in [6.07, 6.45) is 0. The van der Waals surface area contributed by atoms with Crippen molar-refractivity contribution in [2.75, 3.05) is 0 Å². The average molecular weight is 481 g/mol. The van der Waals surface area contributed by atoms with Gasteiger partial charge in [0.1, 0.15) is 17.3 Å². The summed E-state index contributed by atoms with van der Waals surface area (Å²) in [5.74, 6) is 0.0864. The standard InChI is InChI=1S/C30H28N2O4/c1-19(20-15-17-22(18-16-20)36-30(2,3)29(33)34)31-27(28-32-25-13-6-7-14-26(25)35-28)24-12-8-10-21-9-4-5-11-23(21)24/h4-19,27,31H,1-3H3,(H,33,34). The van der Waals surface area contributed by atoms with Crippen molar-refractivity contribution in [2.24, 2.45) is 0 Å². The Balaban J connectivity index is 1.49. The summed E-state index contributed by atoms with van der Waals surface area (Å²) in [7, 11) is 0. The highest BCUT2D eigenvalue weighted by Gasteiger charge is 2.29. The van der Waals surface area contributed by atoms with E-state index in [1.54, 1.807) is 12.1 Å². The lowest BCUT2D eigenvalue weighted by Gasteiger charge is -2.24. The Morgan fingerprint density at radius 3 is 2.39 bits per heavy atom. The Bertz CT molecular complexity index is 1480. The molecule has 0 bridgehead atoms. The van der Waals surface area contributed by atoms with Crippen molar-refractivity contribution in [3.63, 3.8) is 0 Å². The minimum Gasteiger partial charge on any atom is -0.478 e. The number of aromatic nitrogens is 1. The topological polar surface area (TPSA) is 84.6 Å². The van der Waals surface area contributed by atoms with Gasteiger partial charge in [0.2, 0.25) is 5.89 Å². The predicted molar refractivity (Wildman–Crippen MR) is 140 cm³/mol. The molecule has 0 saturated carbocycles. The van der Waals surface area contributed by atoms with Crippen LogP contribution in [0.2, 0.25) is 0 Å². The number of nitrogens with zero attached hydrogens (tertiary/aromatic N) is 1. The molecule has 0 amide bonds. The monoisotopic (exact) mass is 480 g/mol. The smallest absolute Gasteiger partial charge is 0.347 e. The van der Waals surface area contributed by atoms with Crippen LogP contribution in [0.4, 0.5) is 0 Å². The number of rotatable bonds is 8. The molecule has 4 aromatic carbocycles. The van der Waals surface area contributed by atoms with Crippen LogP contribution < -0.4 is 10.1 Å². The number of hydrogen-bond donors (Lipinski definition) is 2. The van der Waals surface area contributed by atoms with E-state index in [4.69, 9.17) is 14.1 Å². The van der Waals surface area contributed by atoms with E-state index in [1.165, 1.54) is 13.8 Å². The number of hydrogen-bond acceptors (Lipinski definition) is 5. The molecule has 182 valence electrons. The fourth-order valence-corrected chi connectivity index (χ4v) is 4.32. The predicted octanol–water partition coefficient (Wildman–Crippen LogP) is 6.66. The molecule has 0 aliphatic heterocycles. The molecule has 0 aliphatic carbocycles. The molecule has 1 heterocycles. The fraction of sp³-hybridized carbons (Fsp3) is 0.200. The molecule has 2 atom stereocenters. The van der Waals surface area contributed by atoms with Crippen molar-refractivity contribution in [3.05, 3.63) is 108 Å². The van der Waals surface area contributed by atoms with Gasteiger partial charge in [-0.25, -0.2) is 9.78 Å². The molecule has 0 spiro atoms. The van der Waals surface area contributed by atoms with Crippen molar-refractivity contribution in [1.82, 2.24) is 10.3 Å². The Morgan fingerprint density at radius 2 is 1.64 bits per heavy atom. The number of benzene rings is 4. The molecule has 2 unspecified atom stereocenters. The molecule has 0 radical (unpaired) electrons. The third kappa shape index (κ3) is 4.68. The summed E-state index contributed by atoms with van der Waals surface area (Å²) in [6.45, 7) is 5.14. The average Bonchev–Trinajstić information content (AvgIpc) is 3.31. The molecule has 0 fully saturated rings. The Kier molecular flexibility index (Phi) is 6.20. The van der Waals surface area contributed by atoms with Crippen LogP contribution in [-0.4, -0.2) is 21.7 Å². The van der Waals surface area contributed by atoms with Crippen molar-refractivity contribution in [2.45, 2.75) is 38.5 Å². The Labute approximate surface area is 209 Å². The minimum atomic E-state index is -1.31. The first-order valence-corrected chi connectivity index (χ1v) is 11.9. The lowest BCUT2D eigenvalue weighted by Crippen LogP contribution is -2.37. The Hall–Kier alpha value is -4.16. The fourth-order valence-electron chi connectivity index (χ4n) is 4.32. The van der Waals surface area contributed by atoms with Crippen LogP contribution in [0.15, 0.2) is 95.4 Å². The van der Waals surface area contributed by atoms with Gasteiger partial charge in [-0.3, -0.25) is 5.32 Å². The van der Waals surface area contributed by atoms with Crippen LogP contribution >= 0.6 is 0 Å². The number of para-hydroxylation sites is 2. The number of oxazole rings is 1. The second-order valence-corrected chi connectivity index (χ2v) is 9.40. The summed E-state index contributed by atoms with van der Waals surface area (Å²) >= 11 is 0. The molecule has 5 rings (SSSR count). The number of aliphatic carboxylic acids is 1. The third-order valence-electron chi connectivity index (χ3n) is 6.38. The first-order valence-electron chi connectivity index (χ1n) is 11.9. The summed E-state index contributed by atoms with van der Waals surface area (Å²) < 4.78 is 11.9. The van der Waals surface area contributed by atoms with Gasteiger partial charge in [0.25, 0.3) is 0 Å². The van der Waals surface area contributed by atoms with Crippen LogP contribution in [0.1, 0.15) is 49.9 Å². The van der Waals surface area contributed by atoms with Crippen molar-refractivity contribution < 1.29 is 19.1 Å². The maximum atomic E-state index is 11.4. The van der Waals surface area contributed by atoms with Crippen molar-refractivity contribution in [1.29, 1.82) is 0 Å². The Morgan fingerprint density at radius 1 is 0.944 bits per heavy atom. The second-order valence-electron chi connectivity index (χ2n) is 9.40. The lowest BCUT2D eigenvalue weighted by molar-refractivity contribution is -0.152. The molecule has 5 aromatic rings. The highest BCUT2D eigenvalue weighted by atomic mass is 16.5.